The second-order valence-corrected chi connectivity index (χ2v) is 4.07. The van der Waals surface area contributed by atoms with E-state index in [4.69, 9.17) is 16.3 Å². The minimum absolute atomic E-state index is 0.538. The summed E-state index contributed by atoms with van der Waals surface area (Å²) in [5.41, 5.74) is 0.538. The average molecular weight is 271 g/mol. The summed E-state index contributed by atoms with van der Waals surface area (Å²) in [6, 6.07) is 6.74. The second kappa shape index (κ2) is 7.01. The maximum Gasteiger partial charge on any atom is 0.376 e. The van der Waals surface area contributed by atoms with E-state index >= 15 is 0 Å². The van der Waals surface area contributed by atoms with Gasteiger partial charge in [0.2, 0.25) is 0 Å². The van der Waals surface area contributed by atoms with E-state index < -0.39 is 17.1 Å². The van der Waals surface area contributed by atoms with Gasteiger partial charge in [-0.3, -0.25) is 4.79 Å². The number of alkyl halides is 1. The number of methoxy groups -OCH3 is 1. The monoisotopic (exact) mass is 270 g/mol. The number of rotatable bonds is 6. The van der Waals surface area contributed by atoms with Crippen molar-refractivity contribution < 1.29 is 19.1 Å². The number of carbonyl (C=O) groups excluding carboxylic acids is 2. The van der Waals surface area contributed by atoms with Crippen LogP contribution in [0.3, 0.4) is 0 Å². The number of esters is 1. The van der Waals surface area contributed by atoms with Crippen molar-refractivity contribution in [3.05, 3.63) is 29.8 Å². The number of benzene rings is 1. The molecule has 0 bridgehead atoms. The molecular formula is C13H15ClO4. The van der Waals surface area contributed by atoms with Crippen molar-refractivity contribution in [1.29, 1.82) is 0 Å². The molecule has 1 aromatic carbocycles. The number of ketones is 1. The summed E-state index contributed by atoms with van der Waals surface area (Å²) >= 11 is 5.90. The zero-order valence-electron chi connectivity index (χ0n) is 10.3. The Hall–Kier alpha value is -1.55. The summed E-state index contributed by atoms with van der Waals surface area (Å²) in [6.45, 7) is 2.64. The number of ether oxygens (including phenoxy) is 2. The van der Waals surface area contributed by atoms with Gasteiger partial charge in [-0.05, 0) is 24.1 Å². The Morgan fingerprint density at radius 1 is 1.28 bits per heavy atom. The van der Waals surface area contributed by atoms with Gasteiger partial charge >= 0.3 is 5.97 Å². The Morgan fingerprint density at radius 3 is 2.39 bits per heavy atom. The Labute approximate surface area is 111 Å². The fourth-order valence-electron chi connectivity index (χ4n) is 1.31. The molecule has 4 nitrogen and oxygen atoms in total. The highest BCUT2D eigenvalue weighted by atomic mass is 35.5. The van der Waals surface area contributed by atoms with Gasteiger partial charge in [0.05, 0.1) is 13.7 Å². The number of carbonyl (C=O) groups is 2. The van der Waals surface area contributed by atoms with E-state index in [-0.39, 0.29) is 0 Å². The summed E-state index contributed by atoms with van der Waals surface area (Å²) in [5, 5.41) is -1.03. The molecule has 0 saturated carbocycles. The highest BCUT2D eigenvalue weighted by molar-refractivity contribution is 6.47. The molecule has 0 radical (unpaired) electrons. The van der Waals surface area contributed by atoms with E-state index in [9.17, 15) is 9.59 Å². The molecule has 0 saturated heterocycles. The molecule has 0 spiro atoms. The molecule has 0 aromatic heterocycles. The van der Waals surface area contributed by atoms with E-state index in [1.54, 1.807) is 24.3 Å². The lowest BCUT2D eigenvalue weighted by molar-refractivity contribution is -0.151. The molecule has 1 rings (SSSR count). The molecule has 0 aliphatic rings. The molecular weight excluding hydrogens is 256 g/mol. The van der Waals surface area contributed by atoms with E-state index in [0.717, 1.165) is 13.5 Å². The summed E-state index contributed by atoms with van der Waals surface area (Å²) < 4.78 is 9.73. The average Bonchev–Trinajstić information content (AvgIpc) is 2.43. The van der Waals surface area contributed by atoms with Crippen LogP contribution in [0.2, 0.25) is 0 Å². The molecule has 0 fully saturated rings. The maximum atomic E-state index is 11.5. The van der Waals surface area contributed by atoms with Gasteiger partial charge in [0.15, 0.2) is 0 Å². The van der Waals surface area contributed by atoms with Crippen molar-refractivity contribution in [2.24, 2.45) is 0 Å². The molecule has 0 heterocycles. The Morgan fingerprint density at radius 2 is 1.89 bits per heavy atom. The lowest BCUT2D eigenvalue weighted by atomic mass is 10.1. The molecule has 0 aliphatic heterocycles. The molecule has 1 unspecified atom stereocenters. The van der Waals surface area contributed by atoms with Crippen molar-refractivity contribution >= 4 is 23.4 Å². The first-order chi connectivity index (χ1) is 8.60. The van der Waals surface area contributed by atoms with Crippen LogP contribution < -0.4 is 4.74 Å². The lowest BCUT2D eigenvalue weighted by Gasteiger charge is -2.09. The predicted octanol–water partition coefficient (Wildman–Crippen LogP) is 2.50. The van der Waals surface area contributed by atoms with Gasteiger partial charge < -0.3 is 9.47 Å². The van der Waals surface area contributed by atoms with E-state index in [1.807, 2.05) is 6.92 Å². The summed E-state index contributed by atoms with van der Waals surface area (Å²) in [7, 11) is 1.14. The zero-order valence-corrected chi connectivity index (χ0v) is 11.1. The largest absolute Gasteiger partial charge is 0.494 e. The molecule has 1 atom stereocenters. The third kappa shape index (κ3) is 3.74. The summed E-state index contributed by atoms with van der Waals surface area (Å²) in [6.07, 6.45) is 0.917. The Kier molecular flexibility index (Phi) is 5.65. The first-order valence-corrected chi connectivity index (χ1v) is 6.02. The standard InChI is InChI=1S/C13H15ClO4/c1-3-8-18-10-6-4-9(5-7-10)11(14)12(15)13(16)17-2/h4-7,11H,3,8H2,1-2H3. The molecule has 0 amide bonds. The Bertz CT molecular complexity index is 414. The van der Waals surface area contributed by atoms with E-state index in [1.165, 1.54) is 0 Å². The quantitative estimate of drug-likeness (QED) is 0.453. The van der Waals surface area contributed by atoms with Crippen molar-refractivity contribution in [1.82, 2.24) is 0 Å². The van der Waals surface area contributed by atoms with Crippen LogP contribution in [0.5, 0.6) is 5.75 Å². The Balaban J connectivity index is 2.72. The fourth-order valence-corrected chi connectivity index (χ4v) is 1.54. The number of halogens is 1. The van der Waals surface area contributed by atoms with E-state index in [2.05, 4.69) is 4.74 Å². The molecule has 1 aromatic rings. The van der Waals surface area contributed by atoms with Crippen LogP contribution in [0.1, 0.15) is 24.3 Å². The highest BCUT2D eigenvalue weighted by Crippen LogP contribution is 2.24. The van der Waals surface area contributed by atoms with Gasteiger partial charge in [0.25, 0.3) is 5.78 Å². The highest BCUT2D eigenvalue weighted by Gasteiger charge is 2.25. The first kappa shape index (κ1) is 14.5. The second-order valence-electron chi connectivity index (χ2n) is 3.64. The molecule has 98 valence electrons. The number of hydrogen-bond donors (Lipinski definition) is 0. The maximum absolute atomic E-state index is 11.5. The van der Waals surface area contributed by atoms with Crippen LogP contribution in [0.4, 0.5) is 0 Å². The zero-order chi connectivity index (χ0) is 13.5. The van der Waals surface area contributed by atoms with Gasteiger partial charge in [-0.25, -0.2) is 4.79 Å². The van der Waals surface area contributed by atoms with Crippen LogP contribution in [0.25, 0.3) is 0 Å². The normalized spacial score (nSPS) is 11.7. The lowest BCUT2D eigenvalue weighted by Crippen LogP contribution is -2.20. The molecule has 5 heteroatoms. The third-order valence-electron chi connectivity index (χ3n) is 2.26. The molecule has 18 heavy (non-hydrogen) atoms. The minimum atomic E-state index is -1.03. The fraction of sp³-hybridized carbons (Fsp3) is 0.385. The van der Waals surface area contributed by atoms with Crippen molar-refractivity contribution in [2.75, 3.05) is 13.7 Å². The third-order valence-corrected chi connectivity index (χ3v) is 2.71. The smallest absolute Gasteiger partial charge is 0.376 e. The summed E-state index contributed by atoms with van der Waals surface area (Å²) in [4.78, 5) is 22.5. The van der Waals surface area contributed by atoms with Crippen LogP contribution in [-0.4, -0.2) is 25.5 Å². The van der Waals surface area contributed by atoms with Crippen LogP contribution in [-0.2, 0) is 14.3 Å². The van der Waals surface area contributed by atoms with Gasteiger partial charge in [0, 0.05) is 0 Å². The summed E-state index contributed by atoms with van der Waals surface area (Å²) in [5.74, 6) is -1.02. The first-order valence-electron chi connectivity index (χ1n) is 5.59. The minimum Gasteiger partial charge on any atom is -0.494 e. The predicted molar refractivity (Wildman–Crippen MR) is 67.8 cm³/mol. The number of hydrogen-bond acceptors (Lipinski definition) is 4. The van der Waals surface area contributed by atoms with Crippen LogP contribution in [0.15, 0.2) is 24.3 Å². The molecule has 0 N–H and O–H groups in total. The van der Waals surface area contributed by atoms with Crippen LogP contribution in [0, 0.1) is 0 Å². The number of Topliss-reactive ketones (excluding diaryl/α,β-unsaturated/α-hetero) is 1. The van der Waals surface area contributed by atoms with Gasteiger partial charge in [-0.1, -0.05) is 19.1 Å². The van der Waals surface area contributed by atoms with Crippen molar-refractivity contribution in [3.63, 3.8) is 0 Å². The van der Waals surface area contributed by atoms with Gasteiger partial charge in [0.1, 0.15) is 11.1 Å². The van der Waals surface area contributed by atoms with Crippen molar-refractivity contribution in [2.45, 2.75) is 18.7 Å². The SMILES string of the molecule is CCCOc1ccc(C(Cl)C(=O)C(=O)OC)cc1. The van der Waals surface area contributed by atoms with E-state index in [0.29, 0.717) is 17.9 Å². The van der Waals surface area contributed by atoms with Gasteiger partial charge in [-0.15, -0.1) is 11.6 Å². The van der Waals surface area contributed by atoms with Crippen molar-refractivity contribution in [3.8, 4) is 5.75 Å². The topological polar surface area (TPSA) is 52.6 Å². The van der Waals surface area contributed by atoms with Crippen LogP contribution >= 0.6 is 11.6 Å². The van der Waals surface area contributed by atoms with Gasteiger partial charge in [-0.2, -0.15) is 0 Å². The molecule has 0 aliphatic carbocycles.